The number of hydrogen-bond donors (Lipinski definition) is 2. The summed E-state index contributed by atoms with van der Waals surface area (Å²) in [4.78, 5) is 22.6. The summed E-state index contributed by atoms with van der Waals surface area (Å²) in [6.07, 6.45) is -1.35. The fourth-order valence-electron chi connectivity index (χ4n) is 2.43. The third kappa shape index (κ3) is 2.74. The Morgan fingerprint density at radius 1 is 1.00 bits per heavy atom. The number of aromatic carboxylic acids is 1. The van der Waals surface area contributed by atoms with Gasteiger partial charge in [0.15, 0.2) is 0 Å². The van der Waals surface area contributed by atoms with Crippen LogP contribution in [-0.2, 0) is 6.61 Å². The number of hydrogen-bond acceptors (Lipinski definition) is 3. The number of ether oxygens (including phenoxy) is 1. The van der Waals surface area contributed by atoms with Gasteiger partial charge in [-0.3, -0.25) is 0 Å². The molecule has 3 aromatic rings. The number of carbonyl (C=O) groups is 2. The van der Waals surface area contributed by atoms with Crippen molar-refractivity contribution in [2.24, 2.45) is 0 Å². The number of rotatable bonds is 4. The van der Waals surface area contributed by atoms with Gasteiger partial charge in [-0.25, -0.2) is 14.2 Å². The van der Waals surface area contributed by atoms with Gasteiger partial charge in [0.25, 0.3) is 0 Å². The molecule has 0 bridgehead atoms. The predicted octanol–water partition coefficient (Wildman–Crippen LogP) is 3.44. The number of nitrogens with zero attached hydrogens (tertiary/aromatic N) is 1. The molecule has 0 unspecified atom stereocenters. The second kappa shape index (κ2) is 5.84. The van der Waals surface area contributed by atoms with Gasteiger partial charge in [0, 0.05) is 5.39 Å². The molecule has 0 amide bonds. The molecule has 1 heterocycles. The minimum Gasteiger partial charge on any atom is -0.488 e. The highest BCUT2D eigenvalue weighted by molar-refractivity contribution is 6.02. The summed E-state index contributed by atoms with van der Waals surface area (Å²) in [5.41, 5.74) is 0.921. The quantitative estimate of drug-likeness (QED) is 0.770. The van der Waals surface area contributed by atoms with E-state index in [1.807, 2.05) is 30.3 Å². The van der Waals surface area contributed by atoms with E-state index in [2.05, 4.69) is 0 Å². The standard InChI is InChI=1S/C17H13NO5/c19-16(20)14-9-12-13(18(14)17(21)22)7-4-8-15(12)23-10-11-5-2-1-3-6-11/h1-9H,10H2,(H,19,20)(H,21,22). The topological polar surface area (TPSA) is 88.8 Å². The molecule has 0 saturated carbocycles. The lowest BCUT2D eigenvalue weighted by Crippen LogP contribution is -2.14. The number of aromatic nitrogens is 1. The Morgan fingerprint density at radius 3 is 2.39 bits per heavy atom. The molecule has 0 atom stereocenters. The molecule has 1 aromatic heterocycles. The Morgan fingerprint density at radius 2 is 1.74 bits per heavy atom. The zero-order valence-corrected chi connectivity index (χ0v) is 12.0. The minimum atomic E-state index is -1.35. The summed E-state index contributed by atoms with van der Waals surface area (Å²) in [5, 5.41) is 18.9. The van der Waals surface area contributed by atoms with E-state index >= 15 is 0 Å². The average molecular weight is 311 g/mol. The van der Waals surface area contributed by atoms with Crippen LogP contribution in [-0.4, -0.2) is 26.8 Å². The maximum atomic E-state index is 11.4. The van der Waals surface area contributed by atoms with E-state index in [0.29, 0.717) is 17.7 Å². The van der Waals surface area contributed by atoms with Crippen molar-refractivity contribution >= 4 is 23.0 Å². The van der Waals surface area contributed by atoms with Crippen molar-refractivity contribution in [3.05, 3.63) is 65.9 Å². The summed E-state index contributed by atoms with van der Waals surface area (Å²) >= 11 is 0. The molecular formula is C17H13NO5. The van der Waals surface area contributed by atoms with Crippen LogP contribution in [0.15, 0.2) is 54.6 Å². The molecule has 116 valence electrons. The van der Waals surface area contributed by atoms with E-state index in [4.69, 9.17) is 4.74 Å². The molecule has 6 heteroatoms. The fourth-order valence-corrected chi connectivity index (χ4v) is 2.43. The van der Waals surface area contributed by atoms with Gasteiger partial charge in [0.2, 0.25) is 0 Å². The largest absolute Gasteiger partial charge is 0.488 e. The minimum absolute atomic E-state index is 0.278. The normalized spacial score (nSPS) is 10.6. The molecular weight excluding hydrogens is 298 g/mol. The van der Waals surface area contributed by atoms with Crippen molar-refractivity contribution in [3.8, 4) is 5.75 Å². The molecule has 3 rings (SSSR count). The van der Waals surface area contributed by atoms with Crippen LogP contribution < -0.4 is 4.74 Å². The van der Waals surface area contributed by atoms with Gasteiger partial charge in [-0.1, -0.05) is 36.4 Å². The van der Waals surface area contributed by atoms with Gasteiger partial charge in [-0.2, -0.15) is 0 Å². The third-order valence-corrected chi connectivity index (χ3v) is 3.45. The number of benzene rings is 2. The molecule has 23 heavy (non-hydrogen) atoms. The lowest BCUT2D eigenvalue weighted by atomic mass is 10.2. The molecule has 6 nitrogen and oxygen atoms in total. The van der Waals surface area contributed by atoms with Gasteiger partial charge < -0.3 is 14.9 Å². The molecule has 0 fully saturated rings. The first-order valence-electron chi connectivity index (χ1n) is 6.85. The maximum Gasteiger partial charge on any atom is 0.416 e. The highest BCUT2D eigenvalue weighted by Gasteiger charge is 2.21. The number of carboxylic acids is 1. The molecule has 2 aromatic carbocycles. The number of fused-ring (bicyclic) bond motifs is 1. The highest BCUT2D eigenvalue weighted by Crippen LogP contribution is 2.29. The lowest BCUT2D eigenvalue weighted by molar-refractivity contribution is 0.0684. The Labute approximate surface area is 131 Å². The first-order valence-corrected chi connectivity index (χ1v) is 6.85. The maximum absolute atomic E-state index is 11.4. The SMILES string of the molecule is O=C(O)c1cc2c(OCc3ccccc3)cccc2n1C(=O)O. The van der Waals surface area contributed by atoms with E-state index in [1.54, 1.807) is 18.2 Å². The van der Waals surface area contributed by atoms with Gasteiger partial charge in [0.05, 0.1) is 5.52 Å². The Bertz CT molecular complexity index is 883. The van der Waals surface area contributed by atoms with Crippen molar-refractivity contribution < 1.29 is 24.5 Å². The molecule has 0 radical (unpaired) electrons. The van der Waals surface area contributed by atoms with Gasteiger partial charge in [0.1, 0.15) is 18.1 Å². The zero-order chi connectivity index (χ0) is 16.4. The molecule has 0 aliphatic carbocycles. The van der Waals surface area contributed by atoms with Crippen LogP contribution in [0.1, 0.15) is 16.1 Å². The highest BCUT2D eigenvalue weighted by atomic mass is 16.5. The van der Waals surface area contributed by atoms with Crippen molar-refractivity contribution in [2.75, 3.05) is 0 Å². The summed E-state index contributed by atoms with van der Waals surface area (Å²) in [5.74, 6) is -0.869. The summed E-state index contributed by atoms with van der Waals surface area (Å²) in [6.45, 7) is 0.306. The van der Waals surface area contributed by atoms with E-state index in [9.17, 15) is 19.8 Å². The zero-order valence-electron chi connectivity index (χ0n) is 12.0. The van der Waals surface area contributed by atoms with Gasteiger partial charge in [-0.05, 0) is 23.8 Å². The fraction of sp³-hybridized carbons (Fsp3) is 0.0588. The molecule has 2 N–H and O–H groups in total. The summed E-state index contributed by atoms with van der Waals surface area (Å²) < 4.78 is 6.48. The van der Waals surface area contributed by atoms with Gasteiger partial charge in [-0.15, -0.1) is 0 Å². The molecule has 0 spiro atoms. The van der Waals surface area contributed by atoms with Crippen molar-refractivity contribution in [2.45, 2.75) is 6.61 Å². The van der Waals surface area contributed by atoms with Crippen LogP contribution in [0.25, 0.3) is 10.9 Å². The average Bonchev–Trinajstić information content (AvgIpc) is 2.94. The van der Waals surface area contributed by atoms with Crippen molar-refractivity contribution in [1.29, 1.82) is 0 Å². The smallest absolute Gasteiger partial charge is 0.416 e. The van der Waals surface area contributed by atoms with Crippen LogP contribution in [0.4, 0.5) is 4.79 Å². The summed E-state index contributed by atoms with van der Waals surface area (Å²) in [7, 11) is 0. The van der Waals surface area contributed by atoms with Crippen molar-refractivity contribution in [1.82, 2.24) is 4.57 Å². The molecule has 0 aliphatic heterocycles. The lowest BCUT2D eigenvalue weighted by Gasteiger charge is -2.08. The molecule has 0 saturated heterocycles. The van der Waals surface area contributed by atoms with E-state index in [0.717, 1.165) is 10.1 Å². The monoisotopic (exact) mass is 311 g/mol. The Hall–Kier alpha value is -3.28. The Balaban J connectivity index is 2.03. The van der Waals surface area contributed by atoms with Crippen LogP contribution >= 0.6 is 0 Å². The van der Waals surface area contributed by atoms with Crippen LogP contribution in [0.2, 0.25) is 0 Å². The van der Waals surface area contributed by atoms with E-state index < -0.39 is 12.1 Å². The van der Waals surface area contributed by atoms with E-state index in [-0.39, 0.29) is 11.2 Å². The Kier molecular flexibility index (Phi) is 3.72. The van der Waals surface area contributed by atoms with E-state index in [1.165, 1.54) is 6.07 Å². The van der Waals surface area contributed by atoms with Crippen molar-refractivity contribution in [3.63, 3.8) is 0 Å². The van der Waals surface area contributed by atoms with Crippen LogP contribution in [0.5, 0.6) is 5.75 Å². The predicted molar refractivity (Wildman–Crippen MR) is 83.1 cm³/mol. The number of carboxylic acid groups (broad SMARTS) is 2. The second-order valence-corrected chi connectivity index (χ2v) is 4.92. The van der Waals surface area contributed by atoms with Crippen LogP contribution in [0.3, 0.4) is 0 Å². The first-order chi connectivity index (χ1) is 11.1. The van der Waals surface area contributed by atoms with Gasteiger partial charge >= 0.3 is 12.1 Å². The summed E-state index contributed by atoms with van der Waals surface area (Å²) in [6, 6.07) is 15.7. The first kappa shape index (κ1) is 14.6. The molecule has 0 aliphatic rings. The third-order valence-electron chi connectivity index (χ3n) is 3.45. The second-order valence-electron chi connectivity index (χ2n) is 4.92. The van der Waals surface area contributed by atoms with Crippen LogP contribution in [0, 0.1) is 0 Å².